The Bertz CT molecular complexity index is 1080. The molecule has 0 spiro atoms. The zero-order valence-corrected chi connectivity index (χ0v) is 14.6. The van der Waals surface area contributed by atoms with E-state index in [1.165, 1.54) is 6.33 Å². The smallest absolute Gasteiger partial charge is 0.167 e. The van der Waals surface area contributed by atoms with Crippen LogP contribution in [0.5, 0.6) is 0 Å². The maximum absolute atomic E-state index is 6.17. The van der Waals surface area contributed by atoms with Gasteiger partial charge < -0.3 is 15.0 Å². The second kappa shape index (κ2) is 6.48. The van der Waals surface area contributed by atoms with Crippen molar-refractivity contribution in [2.75, 3.05) is 18.9 Å². The topological polar surface area (TPSA) is 105 Å². The molecule has 136 valence electrons. The van der Waals surface area contributed by atoms with E-state index in [1.807, 2.05) is 41.1 Å². The Kier molecular flexibility index (Phi) is 3.83. The van der Waals surface area contributed by atoms with E-state index in [2.05, 4.69) is 15.1 Å². The van der Waals surface area contributed by atoms with Crippen molar-refractivity contribution in [2.45, 2.75) is 18.9 Å². The summed E-state index contributed by atoms with van der Waals surface area (Å²) in [5, 5.41) is 9.74. The average molecular weight is 362 g/mol. The number of nitrogen functional groups attached to an aromatic ring is 1. The van der Waals surface area contributed by atoms with Gasteiger partial charge in [0.1, 0.15) is 23.5 Å². The first-order valence-electron chi connectivity index (χ1n) is 8.90. The first kappa shape index (κ1) is 16.0. The van der Waals surface area contributed by atoms with Gasteiger partial charge in [-0.05, 0) is 12.8 Å². The van der Waals surface area contributed by atoms with Crippen LogP contribution in [0.2, 0.25) is 0 Å². The third kappa shape index (κ3) is 2.74. The summed E-state index contributed by atoms with van der Waals surface area (Å²) in [4.78, 5) is 8.59. The highest BCUT2D eigenvalue weighted by Gasteiger charge is 2.25. The van der Waals surface area contributed by atoms with Gasteiger partial charge in [0.05, 0.1) is 11.4 Å². The minimum Gasteiger partial charge on any atom is -0.383 e. The van der Waals surface area contributed by atoms with Crippen molar-refractivity contribution in [3.63, 3.8) is 0 Å². The molecule has 3 aromatic heterocycles. The molecule has 0 aliphatic carbocycles. The number of nitrogens with two attached hydrogens (primary N) is 1. The monoisotopic (exact) mass is 362 g/mol. The molecule has 0 amide bonds. The third-order valence-electron chi connectivity index (χ3n) is 4.87. The normalized spacial score (nSPS) is 15.4. The van der Waals surface area contributed by atoms with Gasteiger partial charge in [0, 0.05) is 24.8 Å². The molecule has 0 saturated carbocycles. The first-order chi connectivity index (χ1) is 13.3. The molecule has 0 radical (unpaired) electrons. The zero-order chi connectivity index (χ0) is 18.2. The molecular formula is C19H18N6O2. The largest absolute Gasteiger partial charge is 0.383 e. The van der Waals surface area contributed by atoms with Crippen molar-refractivity contribution >= 4 is 16.9 Å². The van der Waals surface area contributed by atoms with E-state index in [0.29, 0.717) is 47.2 Å². The van der Waals surface area contributed by atoms with E-state index in [0.717, 1.165) is 18.4 Å². The molecule has 1 aliphatic rings. The molecule has 0 unspecified atom stereocenters. The number of fused-ring (bicyclic) bond motifs is 1. The van der Waals surface area contributed by atoms with E-state index in [1.54, 1.807) is 0 Å². The van der Waals surface area contributed by atoms with Crippen molar-refractivity contribution in [2.24, 2.45) is 0 Å². The molecule has 0 bridgehead atoms. The molecule has 1 aromatic carbocycles. The van der Waals surface area contributed by atoms with E-state index in [9.17, 15) is 0 Å². The van der Waals surface area contributed by atoms with Crippen LogP contribution in [-0.2, 0) is 4.74 Å². The zero-order valence-electron chi connectivity index (χ0n) is 14.6. The number of ether oxygens (including phenoxy) is 1. The highest BCUT2D eigenvalue weighted by atomic mass is 16.5. The molecule has 0 atom stereocenters. The second-order valence-electron chi connectivity index (χ2n) is 6.54. The SMILES string of the molecule is Nc1ncnc2c1c(-c1cc(-c3ccccc3)on1)nn2C1CCOCC1. The Hall–Kier alpha value is -3.26. The van der Waals surface area contributed by atoms with Crippen LogP contribution in [0.25, 0.3) is 33.7 Å². The number of aromatic nitrogens is 5. The van der Waals surface area contributed by atoms with Gasteiger partial charge in [-0.25, -0.2) is 14.6 Å². The predicted octanol–water partition coefficient (Wildman–Crippen LogP) is 3.08. The number of benzene rings is 1. The highest BCUT2D eigenvalue weighted by molar-refractivity contribution is 5.97. The third-order valence-corrected chi connectivity index (χ3v) is 4.87. The summed E-state index contributed by atoms with van der Waals surface area (Å²) < 4.78 is 13.0. The Morgan fingerprint density at radius 2 is 1.89 bits per heavy atom. The Morgan fingerprint density at radius 3 is 2.70 bits per heavy atom. The summed E-state index contributed by atoms with van der Waals surface area (Å²) in [5.74, 6) is 1.06. The molecule has 8 heteroatoms. The number of hydrogen-bond donors (Lipinski definition) is 1. The van der Waals surface area contributed by atoms with Crippen molar-refractivity contribution in [1.82, 2.24) is 24.9 Å². The van der Waals surface area contributed by atoms with Gasteiger partial charge in [-0.1, -0.05) is 35.5 Å². The molecule has 1 aliphatic heterocycles. The van der Waals surface area contributed by atoms with Gasteiger partial charge in [-0.2, -0.15) is 5.10 Å². The van der Waals surface area contributed by atoms with Crippen LogP contribution >= 0.6 is 0 Å². The molecule has 4 aromatic rings. The molecule has 5 rings (SSSR count). The summed E-state index contributed by atoms with van der Waals surface area (Å²) in [7, 11) is 0. The van der Waals surface area contributed by atoms with Gasteiger partial charge in [-0.15, -0.1) is 0 Å². The summed E-state index contributed by atoms with van der Waals surface area (Å²) in [6.07, 6.45) is 3.24. The van der Waals surface area contributed by atoms with E-state index in [4.69, 9.17) is 20.1 Å². The Labute approximate surface area is 155 Å². The number of rotatable bonds is 3. The lowest BCUT2D eigenvalue weighted by Crippen LogP contribution is -2.20. The maximum Gasteiger partial charge on any atom is 0.167 e. The summed E-state index contributed by atoms with van der Waals surface area (Å²) >= 11 is 0. The Morgan fingerprint density at radius 1 is 1.07 bits per heavy atom. The van der Waals surface area contributed by atoms with Gasteiger partial charge in [0.15, 0.2) is 11.4 Å². The van der Waals surface area contributed by atoms with Crippen LogP contribution in [0.15, 0.2) is 47.2 Å². The van der Waals surface area contributed by atoms with Crippen LogP contribution in [0.3, 0.4) is 0 Å². The lowest BCUT2D eigenvalue weighted by molar-refractivity contribution is 0.0674. The summed E-state index contributed by atoms with van der Waals surface area (Å²) in [6.45, 7) is 1.42. The van der Waals surface area contributed by atoms with E-state index in [-0.39, 0.29) is 6.04 Å². The quantitative estimate of drug-likeness (QED) is 0.597. The molecule has 4 heterocycles. The van der Waals surface area contributed by atoms with Crippen LogP contribution in [-0.4, -0.2) is 38.1 Å². The minimum atomic E-state index is 0.213. The fraction of sp³-hybridized carbons (Fsp3) is 0.263. The second-order valence-corrected chi connectivity index (χ2v) is 6.54. The average Bonchev–Trinajstić information content (AvgIpc) is 3.35. The van der Waals surface area contributed by atoms with Crippen molar-refractivity contribution in [3.05, 3.63) is 42.7 Å². The van der Waals surface area contributed by atoms with Gasteiger partial charge in [0.25, 0.3) is 0 Å². The fourth-order valence-corrected chi connectivity index (χ4v) is 3.48. The maximum atomic E-state index is 6.17. The van der Waals surface area contributed by atoms with E-state index >= 15 is 0 Å². The van der Waals surface area contributed by atoms with Crippen LogP contribution in [0.1, 0.15) is 18.9 Å². The first-order valence-corrected chi connectivity index (χ1v) is 8.90. The lowest BCUT2D eigenvalue weighted by Gasteiger charge is -2.22. The molecule has 8 nitrogen and oxygen atoms in total. The van der Waals surface area contributed by atoms with Crippen LogP contribution in [0, 0.1) is 0 Å². The van der Waals surface area contributed by atoms with Crippen molar-refractivity contribution in [3.8, 4) is 22.7 Å². The van der Waals surface area contributed by atoms with Gasteiger partial charge >= 0.3 is 0 Å². The highest BCUT2D eigenvalue weighted by Crippen LogP contribution is 2.34. The molecular weight excluding hydrogens is 344 g/mol. The fourth-order valence-electron chi connectivity index (χ4n) is 3.48. The molecule has 2 N–H and O–H groups in total. The summed E-state index contributed by atoms with van der Waals surface area (Å²) in [6, 6.07) is 11.9. The predicted molar refractivity (Wildman–Crippen MR) is 99.8 cm³/mol. The molecule has 27 heavy (non-hydrogen) atoms. The van der Waals surface area contributed by atoms with Crippen LogP contribution in [0.4, 0.5) is 5.82 Å². The van der Waals surface area contributed by atoms with E-state index < -0.39 is 0 Å². The van der Waals surface area contributed by atoms with Crippen molar-refractivity contribution < 1.29 is 9.26 Å². The minimum absolute atomic E-state index is 0.213. The lowest BCUT2D eigenvalue weighted by atomic mass is 10.1. The Balaban J connectivity index is 1.64. The summed E-state index contributed by atoms with van der Waals surface area (Å²) in [5.41, 5.74) is 9.09. The number of anilines is 1. The number of nitrogens with zero attached hydrogens (tertiary/aromatic N) is 5. The van der Waals surface area contributed by atoms with Gasteiger partial charge in [-0.3, -0.25) is 0 Å². The molecule has 1 fully saturated rings. The number of hydrogen-bond acceptors (Lipinski definition) is 7. The van der Waals surface area contributed by atoms with Crippen LogP contribution < -0.4 is 5.73 Å². The standard InChI is InChI=1S/C19H18N6O2/c20-18-16-17(14-10-15(27-24-14)12-4-2-1-3-5-12)23-25(19(16)22-11-21-18)13-6-8-26-9-7-13/h1-5,10-11,13H,6-9H2,(H2,20,21,22). The van der Waals surface area contributed by atoms with Crippen molar-refractivity contribution in [1.29, 1.82) is 0 Å². The van der Waals surface area contributed by atoms with Gasteiger partial charge in [0.2, 0.25) is 0 Å². The molecule has 1 saturated heterocycles.